The van der Waals surface area contributed by atoms with Crippen molar-refractivity contribution in [1.82, 2.24) is 16.0 Å². The molecule has 2 aromatic carbocycles. The number of allylic oxidation sites excluding steroid dienone is 5. The van der Waals surface area contributed by atoms with Crippen LogP contribution in [0.2, 0.25) is 0 Å². The van der Waals surface area contributed by atoms with Gasteiger partial charge < -0.3 is 56.6 Å². The average molecular weight is 740 g/mol. The van der Waals surface area contributed by atoms with Gasteiger partial charge in [0.05, 0.1) is 12.0 Å². The van der Waals surface area contributed by atoms with Crippen LogP contribution >= 0.6 is 0 Å². The quantitative estimate of drug-likeness (QED) is 0.0931. The van der Waals surface area contributed by atoms with Crippen molar-refractivity contribution in [1.29, 1.82) is 0 Å². The van der Waals surface area contributed by atoms with Gasteiger partial charge in [0, 0.05) is 47.8 Å². The molecule has 3 aromatic rings. The van der Waals surface area contributed by atoms with E-state index in [0.29, 0.717) is 55.7 Å². The number of esters is 1. The smallest absolute Gasteiger partial charge is 0.334 e. The molecular formula is C41H49N5O8. The second kappa shape index (κ2) is 16.3. The molecule has 6 rings (SSSR count). The molecule has 3 aliphatic heterocycles. The minimum atomic E-state index is -1.16. The molecule has 286 valence electrons. The summed E-state index contributed by atoms with van der Waals surface area (Å²) in [6, 6.07) is 8.02. The van der Waals surface area contributed by atoms with Gasteiger partial charge in [-0.15, -0.1) is 0 Å². The lowest BCUT2D eigenvalue weighted by molar-refractivity contribution is -0.159. The van der Waals surface area contributed by atoms with Gasteiger partial charge in [0.25, 0.3) is 0 Å². The van der Waals surface area contributed by atoms with E-state index < -0.39 is 35.6 Å². The first kappa shape index (κ1) is 38.2. The number of benzene rings is 2. The van der Waals surface area contributed by atoms with E-state index in [-0.39, 0.29) is 52.1 Å². The van der Waals surface area contributed by atoms with Crippen LogP contribution in [0.25, 0.3) is 11.0 Å². The predicted molar refractivity (Wildman–Crippen MR) is 205 cm³/mol. The lowest BCUT2D eigenvalue weighted by Crippen LogP contribution is -2.51. The molecule has 0 fully saturated rings. The molecule has 0 spiro atoms. The maximum absolute atomic E-state index is 13.8. The number of ether oxygens (including phenoxy) is 2. The molecular weight excluding hydrogens is 690 g/mol. The van der Waals surface area contributed by atoms with Crippen LogP contribution in [-0.2, 0) is 29.0 Å². The number of fused-ring (bicyclic) bond motifs is 2. The number of carbonyl (C=O) groups is 1. The molecule has 0 aliphatic carbocycles. The van der Waals surface area contributed by atoms with Gasteiger partial charge in [-0.3, -0.25) is 4.79 Å². The number of phenolic OH excluding ortho intramolecular Hbond substituents is 2. The van der Waals surface area contributed by atoms with Crippen LogP contribution in [-0.4, -0.2) is 59.3 Å². The van der Waals surface area contributed by atoms with E-state index in [9.17, 15) is 24.9 Å². The summed E-state index contributed by atoms with van der Waals surface area (Å²) in [5.41, 5.74) is 14.4. The molecule has 0 radical (unpaired) electrons. The molecule has 3 aliphatic rings. The van der Waals surface area contributed by atoms with Crippen molar-refractivity contribution in [2.24, 2.45) is 11.5 Å². The number of aromatic hydroxyl groups is 2. The highest BCUT2D eigenvalue weighted by molar-refractivity contribution is 5.92. The summed E-state index contributed by atoms with van der Waals surface area (Å²) in [7, 11) is 1.81. The monoisotopic (exact) mass is 739 g/mol. The highest BCUT2D eigenvalue weighted by Gasteiger charge is 2.47. The average Bonchev–Trinajstić information content (AvgIpc) is 3.15. The summed E-state index contributed by atoms with van der Waals surface area (Å²) in [5, 5.41) is 41.8. The molecule has 10 N–H and O–H groups in total. The summed E-state index contributed by atoms with van der Waals surface area (Å²) in [5.74, 6) is -0.650. The number of hydrogen-bond donors (Lipinski definition) is 8. The maximum Gasteiger partial charge on any atom is 0.334 e. The van der Waals surface area contributed by atoms with Crippen LogP contribution < -0.4 is 37.6 Å². The lowest BCUT2D eigenvalue weighted by Gasteiger charge is -2.43. The Kier molecular flexibility index (Phi) is 11.5. The molecule has 0 amide bonds. The number of nitrogens with two attached hydrogens (primary N) is 2. The summed E-state index contributed by atoms with van der Waals surface area (Å²) in [6.07, 6.45) is 11.6. The van der Waals surface area contributed by atoms with Crippen LogP contribution in [0.1, 0.15) is 61.5 Å². The van der Waals surface area contributed by atoms with Gasteiger partial charge in [-0.1, -0.05) is 30.4 Å². The number of aliphatic hydroxyl groups is 1. The van der Waals surface area contributed by atoms with Crippen LogP contribution in [0.5, 0.6) is 17.2 Å². The van der Waals surface area contributed by atoms with E-state index in [1.807, 2.05) is 37.4 Å². The summed E-state index contributed by atoms with van der Waals surface area (Å²) >= 11 is 0. The molecule has 0 bridgehead atoms. The third-order valence-corrected chi connectivity index (χ3v) is 10.3. The Bertz CT molecular complexity index is 2130. The van der Waals surface area contributed by atoms with Gasteiger partial charge in [0.15, 0.2) is 5.43 Å². The van der Waals surface area contributed by atoms with Gasteiger partial charge >= 0.3 is 5.97 Å². The number of rotatable bonds is 13. The molecule has 13 nitrogen and oxygen atoms in total. The maximum atomic E-state index is 13.8. The standard InChI is InChI=1S/C41H49N5O8/c1-4-25(11-14-44-3)40(51)53-32-20-30-37(50)36-31(49)19-28(22-47)52-39(36)35(38(30)54-41(32,2)13-10-23-8-9-33(42)46-21-23)29(26-12-15-45-34(43)18-26)17-24-6-5-7-27(48)16-24/h4-9,12,16,18-19,21,29,32-33,44-48,50H,10-11,13-15,17,20,22,42-43H2,1-3H3. The minimum absolute atomic E-state index is 0.00566. The van der Waals surface area contributed by atoms with Gasteiger partial charge in [0.1, 0.15) is 52.3 Å². The van der Waals surface area contributed by atoms with E-state index in [4.69, 9.17) is 25.4 Å². The zero-order valence-corrected chi connectivity index (χ0v) is 30.8. The first-order valence-electron chi connectivity index (χ1n) is 18.2. The fourth-order valence-electron chi connectivity index (χ4n) is 7.29. The second-order valence-electron chi connectivity index (χ2n) is 14.1. The van der Waals surface area contributed by atoms with Crippen molar-refractivity contribution in [3.05, 3.63) is 122 Å². The number of nitrogens with one attached hydrogen (secondary N) is 3. The third-order valence-electron chi connectivity index (χ3n) is 10.3. The summed E-state index contributed by atoms with van der Waals surface area (Å²) < 4.78 is 19.7. The lowest BCUT2D eigenvalue weighted by atomic mass is 9.78. The second-order valence-corrected chi connectivity index (χ2v) is 14.1. The normalized spacial score (nSPS) is 21.5. The molecule has 4 heterocycles. The first-order chi connectivity index (χ1) is 25.9. The topological polar surface area (TPSA) is 215 Å². The molecule has 4 unspecified atom stereocenters. The highest BCUT2D eigenvalue weighted by atomic mass is 16.6. The van der Waals surface area contributed by atoms with Crippen molar-refractivity contribution >= 4 is 16.9 Å². The molecule has 54 heavy (non-hydrogen) atoms. The fourth-order valence-corrected chi connectivity index (χ4v) is 7.29. The Balaban J connectivity index is 1.57. The number of carbonyl (C=O) groups excluding carboxylic acids is 1. The molecule has 0 saturated carbocycles. The van der Waals surface area contributed by atoms with E-state index in [2.05, 4.69) is 16.0 Å². The Morgan fingerprint density at radius 1 is 1.26 bits per heavy atom. The Labute approximate surface area is 313 Å². The van der Waals surface area contributed by atoms with Crippen LogP contribution in [0.3, 0.4) is 0 Å². The minimum Gasteiger partial charge on any atom is -0.508 e. The fraction of sp³-hybridized carbons (Fsp3) is 0.366. The molecule has 4 atom stereocenters. The van der Waals surface area contributed by atoms with E-state index in [0.717, 1.165) is 22.8 Å². The van der Waals surface area contributed by atoms with Crippen LogP contribution in [0.4, 0.5) is 0 Å². The van der Waals surface area contributed by atoms with Crippen LogP contribution in [0.15, 0.2) is 98.7 Å². The Hall–Kier alpha value is -5.50. The highest BCUT2D eigenvalue weighted by Crippen LogP contribution is 2.51. The van der Waals surface area contributed by atoms with Crippen molar-refractivity contribution in [2.75, 3.05) is 20.1 Å². The van der Waals surface area contributed by atoms with Crippen molar-refractivity contribution in [3.8, 4) is 17.2 Å². The molecule has 1 aromatic heterocycles. The first-order valence-corrected chi connectivity index (χ1v) is 18.2. The largest absolute Gasteiger partial charge is 0.508 e. The summed E-state index contributed by atoms with van der Waals surface area (Å²) in [6.45, 7) is 4.09. The molecule has 0 saturated heterocycles. The SMILES string of the molecule is CC=C(CCNC)C(=O)OC1Cc2c(c(C(Cc3cccc(O)c3)C3=CCNC(N)=C3)c3oc(CO)cc(=O)c3c2O)OC1(C)CCC1=CNC(N)C=C1. The van der Waals surface area contributed by atoms with Crippen molar-refractivity contribution in [3.63, 3.8) is 0 Å². The van der Waals surface area contributed by atoms with E-state index in [1.165, 1.54) is 0 Å². The van der Waals surface area contributed by atoms with E-state index >= 15 is 0 Å². The van der Waals surface area contributed by atoms with Crippen LogP contribution in [0, 0.1) is 0 Å². The van der Waals surface area contributed by atoms with E-state index in [1.54, 1.807) is 44.3 Å². The molecule has 13 heteroatoms. The number of aliphatic hydroxyl groups excluding tert-OH is 1. The summed E-state index contributed by atoms with van der Waals surface area (Å²) in [4.78, 5) is 27.5. The Morgan fingerprint density at radius 2 is 2.07 bits per heavy atom. The van der Waals surface area contributed by atoms with Gasteiger partial charge in [-0.05, 0) is 94.1 Å². The van der Waals surface area contributed by atoms with Gasteiger partial charge in [-0.2, -0.15) is 0 Å². The number of phenols is 2. The van der Waals surface area contributed by atoms with Gasteiger partial charge in [0.2, 0.25) is 0 Å². The van der Waals surface area contributed by atoms with Gasteiger partial charge in [-0.25, -0.2) is 4.79 Å². The Morgan fingerprint density at radius 3 is 2.76 bits per heavy atom. The van der Waals surface area contributed by atoms with Crippen molar-refractivity contribution in [2.45, 2.75) is 76.3 Å². The zero-order valence-electron chi connectivity index (χ0n) is 30.8. The number of hydrogen-bond acceptors (Lipinski definition) is 13. The number of dihydropyridines is 2. The van der Waals surface area contributed by atoms with Crippen molar-refractivity contribution < 1.29 is 34.0 Å². The third kappa shape index (κ3) is 8.03. The predicted octanol–water partition coefficient (Wildman–Crippen LogP) is 3.62. The zero-order chi connectivity index (χ0) is 38.6.